The second-order valence-electron chi connectivity index (χ2n) is 6.25. The van der Waals surface area contributed by atoms with Gasteiger partial charge >= 0.3 is 6.03 Å². The van der Waals surface area contributed by atoms with Crippen molar-refractivity contribution in [1.82, 2.24) is 15.6 Å². The highest BCUT2D eigenvalue weighted by Crippen LogP contribution is 2.37. The molecule has 1 aromatic carbocycles. The molecule has 0 atom stereocenters. The quantitative estimate of drug-likeness (QED) is 0.806. The van der Waals surface area contributed by atoms with Crippen LogP contribution in [0.2, 0.25) is 0 Å². The topological polar surface area (TPSA) is 74.0 Å². The van der Waals surface area contributed by atoms with E-state index in [4.69, 9.17) is 0 Å². The van der Waals surface area contributed by atoms with Gasteiger partial charge in [0.25, 0.3) is 5.56 Å². The Hall–Kier alpha value is -2.63. The van der Waals surface area contributed by atoms with Gasteiger partial charge < -0.3 is 15.6 Å². The highest BCUT2D eigenvalue weighted by molar-refractivity contribution is 5.74. The van der Waals surface area contributed by atoms with E-state index >= 15 is 0 Å². The van der Waals surface area contributed by atoms with Crippen LogP contribution in [-0.2, 0) is 6.54 Å². The first-order chi connectivity index (χ1) is 11.5. The molecule has 1 aromatic heterocycles. The van der Waals surface area contributed by atoms with Gasteiger partial charge in [0.05, 0.1) is 0 Å². The smallest absolute Gasteiger partial charge is 0.315 e. The van der Waals surface area contributed by atoms with Crippen molar-refractivity contribution in [2.24, 2.45) is 0 Å². The number of carbonyl (C=O) groups excluding carboxylic acids is 1. The molecule has 0 unspecified atom stereocenters. The van der Waals surface area contributed by atoms with E-state index in [0.29, 0.717) is 11.1 Å². The summed E-state index contributed by atoms with van der Waals surface area (Å²) in [5.41, 5.74) is 1.95. The minimum Gasteiger partial charge on any atom is -0.335 e. The summed E-state index contributed by atoms with van der Waals surface area (Å²) in [5, 5.41) is 5.54. The van der Waals surface area contributed by atoms with Crippen LogP contribution in [0, 0.1) is 12.7 Å². The van der Waals surface area contributed by atoms with Crippen molar-refractivity contribution < 1.29 is 9.18 Å². The maximum atomic E-state index is 13.7. The Morgan fingerprint density at radius 3 is 2.83 bits per heavy atom. The number of nitrogens with one attached hydrogen (secondary N) is 3. The summed E-state index contributed by atoms with van der Waals surface area (Å²) in [7, 11) is 0. The average Bonchev–Trinajstić information content (AvgIpc) is 2.52. The molecule has 2 amide bonds. The molecule has 1 aliphatic rings. The number of benzene rings is 1. The van der Waals surface area contributed by atoms with Gasteiger partial charge in [-0.25, -0.2) is 9.18 Å². The van der Waals surface area contributed by atoms with Gasteiger partial charge in [-0.3, -0.25) is 4.79 Å². The van der Waals surface area contributed by atoms with Crippen LogP contribution in [0.4, 0.5) is 9.18 Å². The van der Waals surface area contributed by atoms with E-state index < -0.39 is 0 Å². The van der Waals surface area contributed by atoms with Gasteiger partial charge in [0.1, 0.15) is 5.82 Å². The molecule has 0 spiro atoms. The van der Waals surface area contributed by atoms with Gasteiger partial charge in [0.2, 0.25) is 0 Å². The third kappa shape index (κ3) is 3.64. The summed E-state index contributed by atoms with van der Waals surface area (Å²) < 4.78 is 13.7. The molecule has 1 saturated carbocycles. The molecular weight excluding hydrogens is 309 g/mol. The number of carbonyl (C=O) groups is 1. The third-order valence-electron chi connectivity index (χ3n) is 4.38. The highest BCUT2D eigenvalue weighted by atomic mass is 19.1. The normalized spacial score (nSPS) is 19.4. The summed E-state index contributed by atoms with van der Waals surface area (Å²) >= 11 is 0. The van der Waals surface area contributed by atoms with E-state index in [9.17, 15) is 14.0 Å². The fourth-order valence-corrected chi connectivity index (χ4v) is 2.99. The van der Waals surface area contributed by atoms with Crippen LogP contribution in [0.3, 0.4) is 0 Å². The van der Waals surface area contributed by atoms with Crippen molar-refractivity contribution in [3.63, 3.8) is 0 Å². The first-order valence-electron chi connectivity index (χ1n) is 8.00. The molecule has 126 valence electrons. The van der Waals surface area contributed by atoms with Crippen molar-refractivity contribution in [3.05, 3.63) is 69.4 Å². The Kier molecular flexibility index (Phi) is 4.64. The number of aromatic amines is 1. The van der Waals surface area contributed by atoms with Crippen LogP contribution < -0.4 is 16.2 Å². The molecule has 24 heavy (non-hydrogen) atoms. The summed E-state index contributed by atoms with van der Waals surface area (Å²) in [4.78, 5) is 26.2. The van der Waals surface area contributed by atoms with E-state index in [1.807, 2.05) is 13.0 Å². The molecule has 1 fully saturated rings. The van der Waals surface area contributed by atoms with Crippen molar-refractivity contribution >= 4 is 6.03 Å². The second kappa shape index (κ2) is 6.86. The minimum atomic E-state index is -0.312. The molecule has 1 aliphatic carbocycles. The Balaban J connectivity index is 1.46. The zero-order valence-electron chi connectivity index (χ0n) is 13.4. The van der Waals surface area contributed by atoms with Crippen molar-refractivity contribution in [2.75, 3.05) is 0 Å². The van der Waals surface area contributed by atoms with E-state index in [1.165, 1.54) is 6.07 Å². The van der Waals surface area contributed by atoms with Gasteiger partial charge in [-0.1, -0.05) is 18.2 Å². The summed E-state index contributed by atoms with van der Waals surface area (Å²) in [5.74, 6) is -0.0415. The molecule has 3 N–H and O–H groups in total. The van der Waals surface area contributed by atoms with Gasteiger partial charge in [0.15, 0.2) is 0 Å². The van der Waals surface area contributed by atoms with Crippen molar-refractivity contribution in [1.29, 1.82) is 0 Å². The summed E-state index contributed by atoms with van der Waals surface area (Å²) in [6.45, 7) is 2.04. The average molecular weight is 329 g/mol. The Bertz CT molecular complexity index is 797. The Morgan fingerprint density at radius 2 is 2.08 bits per heavy atom. The number of hydrogen-bond donors (Lipinski definition) is 3. The van der Waals surface area contributed by atoms with Crippen LogP contribution in [0.5, 0.6) is 0 Å². The third-order valence-corrected chi connectivity index (χ3v) is 4.38. The standard InChI is InChI=1S/C18H20FN3O2/c1-11-6-13(17(23)20-9-11)10-21-18(24)22-14-7-12(8-14)15-4-2-3-5-16(15)19/h2-6,9,12,14H,7-8,10H2,1H3,(H,20,23)(H2,21,22,24). The molecule has 0 radical (unpaired) electrons. The molecule has 0 bridgehead atoms. The van der Waals surface area contributed by atoms with Crippen molar-refractivity contribution in [3.8, 4) is 0 Å². The molecule has 1 heterocycles. The Labute approximate surface area is 139 Å². The first kappa shape index (κ1) is 16.2. The lowest BCUT2D eigenvalue weighted by atomic mass is 9.76. The predicted octanol–water partition coefficient (Wildman–Crippen LogP) is 2.57. The van der Waals surface area contributed by atoms with Gasteiger partial charge in [-0.2, -0.15) is 0 Å². The maximum Gasteiger partial charge on any atom is 0.315 e. The molecule has 3 rings (SSSR count). The molecular formula is C18H20FN3O2. The number of aromatic nitrogens is 1. The number of urea groups is 1. The minimum absolute atomic E-state index is 0.0328. The van der Waals surface area contributed by atoms with Crippen LogP contribution in [-0.4, -0.2) is 17.1 Å². The highest BCUT2D eigenvalue weighted by Gasteiger charge is 2.32. The Morgan fingerprint density at radius 1 is 1.33 bits per heavy atom. The van der Waals surface area contributed by atoms with Gasteiger partial charge in [-0.05, 0) is 48.9 Å². The molecule has 5 nitrogen and oxygen atoms in total. The summed E-state index contributed by atoms with van der Waals surface area (Å²) in [6.07, 6.45) is 3.07. The number of halogens is 1. The number of aryl methyl sites for hydroxylation is 1. The maximum absolute atomic E-state index is 13.7. The van der Waals surface area contributed by atoms with Crippen molar-refractivity contribution in [2.45, 2.75) is 38.3 Å². The van der Waals surface area contributed by atoms with E-state index in [0.717, 1.165) is 18.4 Å². The number of amides is 2. The zero-order valence-corrected chi connectivity index (χ0v) is 13.4. The monoisotopic (exact) mass is 329 g/mol. The number of hydrogen-bond acceptors (Lipinski definition) is 2. The van der Waals surface area contributed by atoms with Gasteiger partial charge in [0, 0.05) is 24.3 Å². The van der Waals surface area contributed by atoms with Crippen LogP contribution in [0.1, 0.15) is 35.4 Å². The van der Waals surface area contributed by atoms with Gasteiger partial charge in [-0.15, -0.1) is 0 Å². The fraction of sp³-hybridized carbons (Fsp3) is 0.333. The lowest BCUT2D eigenvalue weighted by molar-refractivity contribution is 0.221. The first-order valence-corrected chi connectivity index (χ1v) is 8.00. The molecule has 0 aliphatic heterocycles. The fourth-order valence-electron chi connectivity index (χ4n) is 2.99. The second-order valence-corrected chi connectivity index (χ2v) is 6.25. The van der Waals surface area contributed by atoms with Crippen LogP contribution in [0.15, 0.2) is 41.3 Å². The number of rotatable bonds is 4. The largest absolute Gasteiger partial charge is 0.335 e. The molecule has 2 aromatic rings. The molecule has 6 heteroatoms. The lowest BCUT2D eigenvalue weighted by Gasteiger charge is -2.36. The van der Waals surface area contributed by atoms with Crippen LogP contribution in [0.25, 0.3) is 0 Å². The SMILES string of the molecule is Cc1c[nH]c(=O)c(CNC(=O)NC2CC(c3ccccc3F)C2)c1. The van der Waals surface area contributed by atoms with E-state index in [1.54, 1.807) is 24.4 Å². The summed E-state index contributed by atoms with van der Waals surface area (Å²) in [6, 6.07) is 8.22. The van der Waals surface area contributed by atoms with E-state index in [2.05, 4.69) is 15.6 Å². The van der Waals surface area contributed by atoms with E-state index in [-0.39, 0.29) is 35.9 Å². The lowest BCUT2D eigenvalue weighted by Crippen LogP contribution is -2.47. The molecule has 0 saturated heterocycles. The number of pyridine rings is 1. The number of H-pyrrole nitrogens is 1. The van der Waals surface area contributed by atoms with Crippen LogP contribution >= 0.6 is 0 Å². The predicted molar refractivity (Wildman–Crippen MR) is 89.3 cm³/mol. The zero-order chi connectivity index (χ0) is 17.1.